The smallest absolute Gasteiger partial charge is 0.243 e. The van der Waals surface area contributed by atoms with Crippen LogP contribution in [0, 0.1) is 0 Å². The Morgan fingerprint density at radius 3 is 1.09 bits per heavy atom. The summed E-state index contributed by atoms with van der Waals surface area (Å²) in [5.41, 5.74) is 75.3. The predicted molar refractivity (Wildman–Crippen MR) is 333 cm³/mol. The predicted octanol–water partition coefficient (Wildman–Crippen LogP) is -10.8. The molecule has 0 aromatic rings. The Morgan fingerprint density at radius 2 is 0.773 bits per heavy atom. The normalized spacial score (nSPS) is 14.1. The van der Waals surface area contributed by atoms with Gasteiger partial charge in [-0.1, -0.05) is 0 Å². The first-order valence-electron chi connectivity index (χ1n) is 29.2. The number of nitrogens with one attached hydrogen (secondary N) is 10. The molecule has 0 unspecified atom stereocenters. The van der Waals surface area contributed by atoms with E-state index < -0.39 is 114 Å². The van der Waals surface area contributed by atoms with E-state index in [0.717, 1.165) is 0 Å². The zero-order chi connectivity index (χ0) is 66.7. The topological polar surface area (TPSA) is 685 Å². The van der Waals surface area contributed by atoms with Gasteiger partial charge in [-0.05, 0) is 130 Å². The minimum Gasteiger partial charge on any atom is -0.391 e. The van der Waals surface area contributed by atoms with E-state index in [0.29, 0.717) is 38.6 Å². The SMILES string of the molecule is CC(=O)N[C@@H](CCCN=C(N)N)C(=O)N[C@@H](C)C(=O)N[C@@H](CCCN=C(N)N)C(=O)N[C@@H](CCCN=C(N)N)C(=O)N[C@@H](CCCN=C(N)N)C(=O)N[C@@H](CCCCN)C(=O)N[C@@H](CCCCN)C(=O)NCN(CCCNC(N)N)N[C@H](C(N)=O)[C@@H](C)O. The highest BCUT2D eigenvalue weighted by atomic mass is 16.3. The molecule has 9 atom stereocenters. The molecule has 38 nitrogen and oxygen atoms in total. The Kier molecular flexibility index (Phi) is 42.0. The van der Waals surface area contributed by atoms with Crippen molar-refractivity contribution in [1.82, 2.24) is 58.3 Å². The number of unbranched alkanes of at least 4 members (excludes halogenated alkanes) is 2. The molecule has 0 spiro atoms. The number of hydrogen-bond donors (Lipinski definition) is 24. The maximum Gasteiger partial charge on any atom is 0.243 e. The molecule has 0 aromatic carbocycles. The van der Waals surface area contributed by atoms with Crippen LogP contribution in [0.3, 0.4) is 0 Å². The fourth-order valence-corrected chi connectivity index (χ4v) is 8.25. The van der Waals surface area contributed by atoms with Gasteiger partial charge in [0, 0.05) is 39.6 Å². The maximum absolute atomic E-state index is 14.6. The Balaban J connectivity index is 7.15. The van der Waals surface area contributed by atoms with Crippen LogP contribution in [0.4, 0.5) is 0 Å². The molecule has 0 saturated heterocycles. The maximum atomic E-state index is 14.6. The molecule has 0 aliphatic carbocycles. The number of aliphatic hydroxyl groups is 1. The highest BCUT2D eigenvalue weighted by Gasteiger charge is 2.34. The standard InChI is InChI=1S/C50H104N28O10/c1-28(70-41(84)32(71-30(3)80)15-8-21-64-46(54)55)39(82)72-34(16-9-22-65-47(56)57)43(86)75-36(18-11-24-67-49(60)61)45(88)76-35(17-10-23-66-48(58)59)44(87)74-33(14-5-7-20-52)42(85)73-31(13-4-6-19-51)40(83)69-27-78(26-12-25-68-50(62)63)77-37(29(2)79)38(53)81/h28-29,31-37,50,68,77,79H,4-27,51-52,62-63H2,1-3H3,(H2,53,81)(H,69,83)(H,70,84)(H,71,80)(H,72,82)(H,73,85)(H,74,87)(H,75,86)(H,76,88)(H4,54,55,64)(H4,56,57,65)(H4,58,59,66)(H4,60,61,67)/t28-,29+,31-,32-,33-,34-,35-,36-,37-/m0/s1. The van der Waals surface area contributed by atoms with Crippen LogP contribution in [-0.2, 0) is 43.2 Å². The van der Waals surface area contributed by atoms with Gasteiger partial charge < -0.3 is 122 Å². The summed E-state index contributed by atoms with van der Waals surface area (Å²) in [6.07, 6.45) is 0.451. The van der Waals surface area contributed by atoms with Gasteiger partial charge in [-0.25, -0.2) is 10.4 Å². The van der Waals surface area contributed by atoms with Crippen molar-refractivity contribution in [3.63, 3.8) is 0 Å². The number of primary amides is 1. The van der Waals surface area contributed by atoms with Crippen LogP contribution in [0.1, 0.15) is 117 Å². The Morgan fingerprint density at radius 1 is 0.443 bits per heavy atom. The summed E-state index contributed by atoms with van der Waals surface area (Å²) in [6.45, 7) is 4.85. The van der Waals surface area contributed by atoms with Crippen LogP contribution in [0.15, 0.2) is 20.0 Å². The average molecular weight is 1260 g/mol. The van der Waals surface area contributed by atoms with Gasteiger partial charge in [0.1, 0.15) is 54.6 Å². The highest BCUT2D eigenvalue weighted by Crippen LogP contribution is 2.11. The minimum atomic E-state index is -1.45. The molecule has 0 aliphatic heterocycles. The Labute approximate surface area is 513 Å². The third kappa shape index (κ3) is 38.2. The average Bonchev–Trinajstić information content (AvgIpc) is 2.14. The molecular formula is C50H104N28O10. The molecule has 0 rings (SSSR count). The third-order valence-electron chi connectivity index (χ3n) is 12.8. The molecule has 504 valence electrons. The van der Waals surface area contributed by atoms with E-state index >= 15 is 0 Å². The summed E-state index contributed by atoms with van der Waals surface area (Å²) in [6, 6.07) is -10.4. The molecule has 0 saturated carbocycles. The zero-order valence-electron chi connectivity index (χ0n) is 51.1. The van der Waals surface area contributed by atoms with Crippen molar-refractivity contribution in [2.24, 2.45) is 94.5 Å². The number of nitrogens with zero attached hydrogens (tertiary/aromatic N) is 5. The number of aliphatic imine (C=N–C) groups is 4. The zero-order valence-corrected chi connectivity index (χ0v) is 51.1. The number of hydrazine groups is 1. The first kappa shape index (κ1) is 80.0. The van der Waals surface area contributed by atoms with Gasteiger partial charge in [-0.15, -0.1) is 0 Å². The fourth-order valence-electron chi connectivity index (χ4n) is 8.25. The van der Waals surface area contributed by atoms with E-state index in [-0.39, 0.29) is 141 Å². The number of nitrogens with two attached hydrogens (primary N) is 13. The van der Waals surface area contributed by atoms with Crippen LogP contribution >= 0.6 is 0 Å². The van der Waals surface area contributed by atoms with Crippen LogP contribution in [0.2, 0.25) is 0 Å². The molecule has 0 aliphatic rings. The lowest BCUT2D eigenvalue weighted by Gasteiger charge is -2.30. The number of rotatable bonds is 49. The van der Waals surface area contributed by atoms with Crippen molar-refractivity contribution in [2.45, 2.75) is 178 Å². The molecule has 0 heterocycles. The van der Waals surface area contributed by atoms with Gasteiger partial charge in [0.15, 0.2) is 23.8 Å². The van der Waals surface area contributed by atoms with E-state index in [1.165, 1.54) is 25.8 Å². The van der Waals surface area contributed by atoms with Gasteiger partial charge >= 0.3 is 0 Å². The molecule has 9 amide bonds. The lowest BCUT2D eigenvalue weighted by atomic mass is 10.0. The van der Waals surface area contributed by atoms with Crippen LogP contribution < -0.4 is 128 Å². The molecule has 0 bridgehead atoms. The minimum absolute atomic E-state index is 0.00200. The second kappa shape index (κ2) is 46.2. The first-order valence-corrected chi connectivity index (χ1v) is 29.2. The summed E-state index contributed by atoms with van der Waals surface area (Å²) in [5, 5.41) is 35.8. The number of guanidine groups is 4. The third-order valence-corrected chi connectivity index (χ3v) is 12.8. The number of carbonyl (C=O) groups is 9. The number of carbonyl (C=O) groups excluding carboxylic acids is 9. The first-order chi connectivity index (χ1) is 41.5. The largest absolute Gasteiger partial charge is 0.391 e. The highest BCUT2D eigenvalue weighted by molar-refractivity contribution is 5.97. The van der Waals surface area contributed by atoms with E-state index in [4.69, 9.17) is 74.5 Å². The van der Waals surface area contributed by atoms with Gasteiger partial charge in [-0.2, -0.15) is 0 Å². The molecule has 0 fully saturated rings. The second-order valence-corrected chi connectivity index (χ2v) is 20.7. The van der Waals surface area contributed by atoms with Crippen LogP contribution in [0.25, 0.3) is 0 Å². The quantitative estimate of drug-likeness (QED) is 0.00884. The van der Waals surface area contributed by atoms with Crippen molar-refractivity contribution in [1.29, 1.82) is 0 Å². The van der Waals surface area contributed by atoms with Crippen LogP contribution in [-0.4, -0.2) is 207 Å². The molecule has 38 heteroatoms. The van der Waals surface area contributed by atoms with Crippen molar-refractivity contribution >= 4 is 77.0 Å². The Hall–Kier alpha value is -8.01. The van der Waals surface area contributed by atoms with Crippen molar-refractivity contribution < 1.29 is 48.3 Å². The molecular weight excluding hydrogens is 1150 g/mol. The van der Waals surface area contributed by atoms with E-state index in [1.54, 1.807) is 0 Å². The monoisotopic (exact) mass is 1260 g/mol. The van der Waals surface area contributed by atoms with Gasteiger partial charge in [-0.3, -0.25) is 68.4 Å². The van der Waals surface area contributed by atoms with E-state index in [1.807, 2.05) is 0 Å². The lowest BCUT2D eigenvalue weighted by molar-refractivity contribution is -0.136. The number of aliphatic hydroxyl groups excluding tert-OH is 1. The van der Waals surface area contributed by atoms with Crippen LogP contribution in [0.5, 0.6) is 0 Å². The van der Waals surface area contributed by atoms with Crippen molar-refractivity contribution in [3.05, 3.63) is 0 Å². The van der Waals surface area contributed by atoms with Gasteiger partial charge in [0.2, 0.25) is 53.2 Å². The van der Waals surface area contributed by atoms with E-state index in [9.17, 15) is 48.3 Å². The number of amides is 9. The molecule has 88 heavy (non-hydrogen) atoms. The second-order valence-electron chi connectivity index (χ2n) is 20.7. The molecule has 37 N–H and O–H groups in total. The van der Waals surface area contributed by atoms with E-state index in [2.05, 4.69) is 73.2 Å². The molecule has 0 aromatic heterocycles. The summed E-state index contributed by atoms with van der Waals surface area (Å²) in [4.78, 5) is 139. The lowest BCUT2D eigenvalue weighted by Crippen LogP contribution is -2.60. The Bertz CT molecular complexity index is 2260. The fraction of sp³-hybridized carbons (Fsp3) is 0.740. The summed E-state index contributed by atoms with van der Waals surface area (Å²) < 4.78 is 0. The van der Waals surface area contributed by atoms with Crippen molar-refractivity contribution in [3.8, 4) is 0 Å². The summed E-state index contributed by atoms with van der Waals surface area (Å²) in [5.74, 6) is -7.92. The summed E-state index contributed by atoms with van der Waals surface area (Å²) >= 11 is 0. The van der Waals surface area contributed by atoms with Gasteiger partial charge in [0.05, 0.1) is 12.8 Å². The summed E-state index contributed by atoms with van der Waals surface area (Å²) in [7, 11) is 0. The number of hydrogen-bond acceptors (Lipinski definition) is 21. The molecule has 0 radical (unpaired) electrons. The van der Waals surface area contributed by atoms with Crippen molar-refractivity contribution in [2.75, 3.05) is 59.0 Å². The van der Waals surface area contributed by atoms with Gasteiger partial charge in [0.25, 0.3) is 0 Å².